The third kappa shape index (κ3) is 6.73. The number of hydrogen-bond donors (Lipinski definition) is 4. The quantitative estimate of drug-likeness (QED) is 0.141. The number of anilines is 1. The summed E-state index contributed by atoms with van der Waals surface area (Å²) >= 11 is 1.36. The highest BCUT2D eigenvalue weighted by Gasteiger charge is 2.32. The highest BCUT2D eigenvalue weighted by molar-refractivity contribution is 7.20. The standard InChI is InChI=1S/C30H37N3O4S/c34-29(33-36)27-17-23-14-13-21(16-26(23)38-27)18-31-24-10-6-7-20(15-24)19-32-28(22-8-2-1-3-9-22)30(35)37-25-11-4-5-12-25/h6-7,10,13-17,22,25,28,31-32,36H,1-5,8-9,11-12,18-19H2,(H,33,34)/t28-/m0/s1. The lowest BCUT2D eigenvalue weighted by atomic mass is 9.83. The van der Waals surface area contributed by atoms with Gasteiger partial charge in [0.15, 0.2) is 0 Å². The number of amides is 1. The molecule has 1 heterocycles. The summed E-state index contributed by atoms with van der Waals surface area (Å²) in [6.07, 6.45) is 10.2. The fourth-order valence-corrected chi connectivity index (χ4v) is 6.75. The second kappa shape index (κ2) is 12.7. The molecule has 1 aromatic heterocycles. The van der Waals surface area contributed by atoms with Crippen molar-refractivity contribution in [1.82, 2.24) is 10.8 Å². The van der Waals surface area contributed by atoms with Crippen LogP contribution in [0.4, 0.5) is 5.69 Å². The molecule has 3 aromatic rings. The SMILES string of the molecule is O=C(NO)c1cc2ccc(CNc3cccc(CN[C@H](C(=O)OC4CCCC4)C4CCCCC4)c3)cc2s1. The topological polar surface area (TPSA) is 99.7 Å². The van der Waals surface area contributed by atoms with Crippen LogP contribution in [0.3, 0.4) is 0 Å². The Morgan fingerprint density at radius 3 is 2.47 bits per heavy atom. The first-order chi connectivity index (χ1) is 18.6. The van der Waals surface area contributed by atoms with E-state index in [0.29, 0.717) is 23.9 Å². The summed E-state index contributed by atoms with van der Waals surface area (Å²) in [5.74, 6) is -0.217. The molecule has 5 rings (SSSR count). The van der Waals surface area contributed by atoms with Gasteiger partial charge in [0.05, 0.1) is 4.88 Å². The third-order valence-corrected chi connectivity index (χ3v) is 8.92. The zero-order valence-corrected chi connectivity index (χ0v) is 22.5. The predicted octanol–water partition coefficient (Wildman–Crippen LogP) is 6.16. The molecular weight excluding hydrogens is 498 g/mol. The molecule has 1 atom stereocenters. The first-order valence-electron chi connectivity index (χ1n) is 13.8. The normalized spacial score (nSPS) is 17.4. The molecule has 2 aromatic carbocycles. The van der Waals surface area contributed by atoms with Crippen molar-refractivity contribution in [2.75, 3.05) is 5.32 Å². The van der Waals surface area contributed by atoms with E-state index >= 15 is 0 Å². The number of thiophene rings is 1. The molecule has 0 radical (unpaired) electrons. The van der Waals surface area contributed by atoms with Crippen molar-refractivity contribution in [1.29, 1.82) is 0 Å². The molecule has 0 bridgehead atoms. The number of ether oxygens (including phenoxy) is 1. The number of nitrogens with one attached hydrogen (secondary N) is 3. The van der Waals surface area contributed by atoms with E-state index in [1.54, 1.807) is 11.5 Å². The van der Waals surface area contributed by atoms with Gasteiger partial charge in [-0.1, -0.05) is 43.5 Å². The van der Waals surface area contributed by atoms with Crippen LogP contribution >= 0.6 is 11.3 Å². The van der Waals surface area contributed by atoms with E-state index in [2.05, 4.69) is 28.8 Å². The van der Waals surface area contributed by atoms with Gasteiger partial charge in [-0.2, -0.15) is 0 Å². The summed E-state index contributed by atoms with van der Waals surface area (Å²) in [5, 5.41) is 16.9. The number of carbonyl (C=O) groups is 2. The van der Waals surface area contributed by atoms with E-state index in [9.17, 15) is 9.59 Å². The minimum Gasteiger partial charge on any atom is -0.461 e. The van der Waals surface area contributed by atoms with Crippen molar-refractivity contribution < 1.29 is 19.5 Å². The highest BCUT2D eigenvalue weighted by Crippen LogP contribution is 2.30. The Labute approximate surface area is 227 Å². The maximum absolute atomic E-state index is 13.2. The van der Waals surface area contributed by atoms with E-state index in [-0.39, 0.29) is 18.1 Å². The van der Waals surface area contributed by atoms with Crippen LogP contribution in [0.2, 0.25) is 0 Å². The fraction of sp³-hybridized carbons (Fsp3) is 0.467. The number of benzene rings is 2. The highest BCUT2D eigenvalue weighted by atomic mass is 32.1. The molecule has 2 aliphatic rings. The minimum absolute atomic E-state index is 0.0679. The van der Waals surface area contributed by atoms with Gasteiger partial charge in [0, 0.05) is 23.5 Å². The smallest absolute Gasteiger partial charge is 0.323 e. The van der Waals surface area contributed by atoms with Gasteiger partial charge in [-0.15, -0.1) is 11.3 Å². The van der Waals surface area contributed by atoms with Gasteiger partial charge in [0.25, 0.3) is 5.91 Å². The van der Waals surface area contributed by atoms with Crippen LogP contribution in [-0.4, -0.2) is 29.2 Å². The van der Waals surface area contributed by atoms with E-state index in [4.69, 9.17) is 9.94 Å². The molecule has 2 aliphatic carbocycles. The molecule has 0 aliphatic heterocycles. The van der Waals surface area contributed by atoms with Crippen molar-refractivity contribution in [3.8, 4) is 0 Å². The molecule has 0 saturated heterocycles. The molecule has 0 unspecified atom stereocenters. The van der Waals surface area contributed by atoms with E-state index in [0.717, 1.165) is 65.4 Å². The Hall–Kier alpha value is -2.94. The van der Waals surface area contributed by atoms with Gasteiger partial charge in [0.2, 0.25) is 0 Å². The predicted molar refractivity (Wildman–Crippen MR) is 150 cm³/mol. The first kappa shape index (κ1) is 26.7. The molecule has 2 saturated carbocycles. The van der Waals surface area contributed by atoms with Crippen LogP contribution in [0.25, 0.3) is 10.1 Å². The molecule has 1 amide bonds. The summed E-state index contributed by atoms with van der Waals surface area (Å²) in [6, 6.07) is 15.9. The van der Waals surface area contributed by atoms with Crippen molar-refractivity contribution in [2.24, 2.45) is 5.92 Å². The number of hydrogen-bond acceptors (Lipinski definition) is 7. The summed E-state index contributed by atoms with van der Waals surface area (Å²) in [4.78, 5) is 25.4. The number of fused-ring (bicyclic) bond motifs is 1. The Kier molecular flexibility index (Phi) is 8.94. The van der Waals surface area contributed by atoms with Crippen LogP contribution in [-0.2, 0) is 22.6 Å². The van der Waals surface area contributed by atoms with Crippen LogP contribution < -0.4 is 16.1 Å². The van der Waals surface area contributed by atoms with E-state index < -0.39 is 5.91 Å². The second-order valence-corrected chi connectivity index (χ2v) is 11.7. The van der Waals surface area contributed by atoms with Crippen LogP contribution in [0.1, 0.15) is 78.6 Å². The summed E-state index contributed by atoms with van der Waals surface area (Å²) in [6.45, 7) is 1.26. The molecule has 0 spiro atoms. The number of rotatable bonds is 10. The zero-order valence-electron chi connectivity index (χ0n) is 21.7. The molecule has 8 heteroatoms. The monoisotopic (exact) mass is 535 g/mol. The first-order valence-corrected chi connectivity index (χ1v) is 14.6. The van der Waals surface area contributed by atoms with Gasteiger partial charge >= 0.3 is 5.97 Å². The Morgan fingerprint density at radius 1 is 0.921 bits per heavy atom. The van der Waals surface area contributed by atoms with Gasteiger partial charge < -0.3 is 15.4 Å². The van der Waals surface area contributed by atoms with Gasteiger partial charge in [-0.3, -0.25) is 14.8 Å². The molecule has 2 fully saturated rings. The molecule has 4 N–H and O–H groups in total. The number of esters is 1. The van der Waals surface area contributed by atoms with Crippen LogP contribution in [0, 0.1) is 5.92 Å². The largest absolute Gasteiger partial charge is 0.461 e. The lowest BCUT2D eigenvalue weighted by Gasteiger charge is -2.30. The Bertz CT molecular complexity index is 1250. The lowest BCUT2D eigenvalue weighted by molar-refractivity contribution is -0.153. The Morgan fingerprint density at radius 2 is 1.68 bits per heavy atom. The minimum atomic E-state index is -0.492. The van der Waals surface area contributed by atoms with E-state index in [1.807, 2.05) is 24.3 Å². The van der Waals surface area contributed by atoms with Crippen molar-refractivity contribution in [3.63, 3.8) is 0 Å². The maximum Gasteiger partial charge on any atom is 0.323 e. The lowest BCUT2D eigenvalue weighted by Crippen LogP contribution is -2.45. The molecular formula is C30H37N3O4S. The van der Waals surface area contributed by atoms with Crippen molar-refractivity contribution in [2.45, 2.75) is 83.0 Å². The molecule has 202 valence electrons. The summed E-state index contributed by atoms with van der Waals surface area (Å²) < 4.78 is 6.93. The zero-order chi connectivity index (χ0) is 26.3. The fourth-order valence-electron chi connectivity index (χ4n) is 5.73. The number of hydroxylamine groups is 1. The van der Waals surface area contributed by atoms with Crippen molar-refractivity contribution in [3.05, 3.63) is 64.5 Å². The van der Waals surface area contributed by atoms with Gasteiger partial charge in [0.1, 0.15) is 12.1 Å². The van der Waals surface area contributed by atoms with Crippen LogP contribution in [0.5, 0.6) is 0 Å². The maximum atomic E-state index is 13.2. The summed E-state index contributed by atoms with van der Waals surface area (Å²) in [5.41, 5.74) is 4.93. The second-order valence-electron chi connectivity index (χ2n) is 10.6. The Balaban J connectivity index is 1.20. The molecule has 38 heavy (non-hydrogen) atoms. The van der Waals surface area contributed by atoms with E-state index in [1.165, 1.54) is 30.6 Å². The number of carbonyl (C=O) groups excluding carboxylic acids is 2. The third-order valence-electron chi connectivity index (χ3n) is 7.82. The summed E-state index contributed by atoms with van der Waals surface area (Å²) in [7, 11) is 0. The average molecular weight is 536 g/mol. The van der Waals surface area contributed by atoms with Crippen molar-refractivity contribution >= 4 is 39.0 Å². The van der Waals surface area contributed by atoms with Gasteiger partial charge in [-0.05, 0) is 85.2 Å². The molecule has 7 nitrogen and oxygen atoms in total. The van der Waals surface area contributed by atoms with Gasteiger partial charge in [-0.25, -0.2) is 5.48 Å². The average Bonchev–Trinajstić information content (AvgIpc) is 3.62. The van der Waals surface area contributed by atoms with Crippen LogP contribution in [0.15, 0.2) is 48.5 Å².